The number of benzene rings is 3. The fourth-order valence-corrected chi connectivity index (χ4v) is 3.82. The fraction of sp³-hybridized carbons (Fsp3) is 0.280. The number of carbonyl (C=O) groups excluding carboxylic acids is 2. The van der Waals surface area contributed by atoms with E-state index in [-0.39, 0.29) is 11.8 Å². The molecule has 154 valence electrons. The average Bonchev–Trinajstić information content (AvgIpc) is 2.80. The van der Waals surface area contributed by atoms with E-state index in [1.807, 2.05) is 59.5 Å². The fourth-order valence-electron chi connectivity index (χ4n) is 3.82. The Bertz CT molecular complexity index is 1050. The van der Waals surface area contributed by atoms with Crippen molar-refractivity contribution in [2.24, 2.45) is 0 Å². The van der Waals surface area contributed by atoms with Crippen LogP contribution in [-0.4, -0.2) is 35.9 Å². The molecule has 1 fully saturated rings. The predicted octanol–water partition coefficient (Wildman–Crippen LogP) is 4.87. The van der Waals surface area contributed by atoms with Crippen LogP contribution in [0.5, 0.6) is 5.75 Å². The van der Waals surface area contributed by atoms with Crippen LogP contribution < -0.4 is 10.1 Å². The summed E-state index contributed by atoms with van der Waals surface area (Å²) >= 11 is 0. The van der Waals surface area contributed by atoms with Gasteiger partial charge in [0.2, 0.25) is 0 Å². The van der Waals surface area contributed by atoms with Crippen molar-refractivity contribution in [3.05, 3.63) is 72.3 Å². The number of hydrogen-bond donors (Lipinski definition) is 1. The van der Waals surface area contributed by atoms with Gasteiger partial charge in [-0.25, -0.2) is 0 Å². The van der Waals surface area contributed by atoms with Gasteiger partial charge in [0.05, 0.1) is 11.3 Å². The lowest BCUT2D eigenvalue weighted by Crippen LogP contribution is -2.36. The third-order valence-electron chi connectivity index (χ3n) is 5.48. The first-order chi connectivity index (χ1) is 14.6. The molecule has 1 unspecified atom stereocenters. The van der Waals surface area contributed by atoms with Crippen molar-refractivity contribution in [1.82, 2.24) is 4.90 Å². The number of hydrogen-bond acceptors (Lipinski definition) is 3. The Morgan fingerprint density at radius 2 is 1.60 bits per heavy atom. The Hall–Kier alpha value is -3.34. The van der Waals surface area contributed by atoms with Gasteiger partial charge >= 0.3 is 0 Å². The first-order valence-corrected chi connectivity index (χ1v) is 10.5. The number of carbonyl (C=O) groups is 2. The van der Waals surface area contributed by atoms with Crippen molar-refractivity contribution in [2.75, 3.05) is 18.4 Å². The van der Waals surface area contributed by atoms with Gasteiger partial charge in [-0.2, -0.15) is 0 Å². The zero-order valence-corrected chi connectivity index (χ0v) is 17.1. The molecule has 0 radical (unpaired) electrons. The van der Waals surface area contributed by atoms with E-state index < -0.39 is 6.10 Å². The number of para-hydroxylation sites is 1. The summed E-state index contributed by atoms with van der Waals surface area (Å²) in [5.41, 5.74) is 1.04. The summed E-state index contributed by atoms with van der Waals surface area (Å²) in [6.07, 6.45) is 2.49. The molecule has 0 bridgehead atoms. The SMILES string of the molecule is CC(Oc1cccc2ccccc12)C(=O)Nc1ccccc1C(=O)N1CCCCC1. The highest BCUT2D eigenvalue weighted by Crippen LogP contribution is 2.26. The Morgan fingerprint density at radius 3 is 2.43 bits per heavy atom. The zero-order valence-electron chi connectivity index (χ0n) is 17.1. The van der Waals surface area contributed by atoms with Crippen molar-refractivity contribution < 1.29 is 14.3 Å². The molecule has 3 aromatic carbocycles. The number of rotatable bonds is 5. The van der Waals surface area contributed by atoms with Gasteiger partial charge in [0, 0.05) is 18.5 Å². The largest absolute Gasteiger partial charge is 0.480 e. The molecule has 4 rings (SSSR count). The highest BCUT2D eigenvalue weighted by molar-refractivity contribution is 6.04. The predicted molar refractivity (Wildman–Crippen MR) is 119 cm³/mol. The Labute approximate surface area is 176 Å². The molecule has 0 aromatic heterocycles. The molecule has 1 aliphatic rings. The summed E-state index contributed by atoms with van der Waals surface area (Å²) in [4.78, 5) is 27.7. The van der Waals surface area contributed by atoms with E-state index in [2.05, 4.69) is 5.32 Å². The third-order valence-corrected chi connectivity index (χ3v) is 5.48. The molecule has 0 saturated carbocycles. The lowest BCUT2D eigenvalue weighted by Gasteiger charge is -2.27. The average molecular weight is 402 g/mol. The molecule has 1 aliphatic heterocycles. The van der Waals surface area contributed by atoms with Gasteiger partial charge in [0.25, 0.3) is 11.8 Å². The van der Waals surface area contributed by atoms with Gasteiger partial charge in [-0.1, -0.05) is 48.5 Å². The summed E-state index contributed by atoms with van der Waals surface area (Å²) < 4.78 is 5.97. The molecule has 1 N–H and O–H groups in total. The smallest absolute Gasteiger partial charge is 0.265 e. The summed E-state index contributed by atoms with van der Waals surface area (Å²) in [7, 11) is 0. The quantitative estimate of drug-likeness (QED) is 0.662. The lowest BCUT2D eigenvalue weighted by atomic mass is 10.1. The monoisotopic (exact) mass is 402 g/mol. The summed E-state index contributed by atoms with van der Waals surface area (Å²) in [5.74, 6) is 0.337. The van der Waals surface area contributed by atoms with Crippen LogP contribution >= 0.6 is 0 Å². The zero-order chi connectivity index (χ0) is 20.9. The Morgan fingerprint density at radius 1 is 0.900 bits per heavy atom. The number of nitrogens with zero attached hydrogens (tertiary/aromatic N) is 1. The maximum absolute atomic E-state index is 13.0. The highest BCUT2D eigenvalue weighted by Gasteiger charge is 2.23. The van der Waals surface area contributed by atoms with E-state index in [1.165, 1.54) is 0 Å². The number of likely N-dealkylation sites (tertiary alicyclic amines) is 1. The Balaban J connectivity index is 1.49. The van der Waals surface area contributed by atoms with Gasteiger partial charge in [-0.3, -0.25) is 9.59 Å². The first-order valence-electron chi connectivity index (χ1n) is 10.5. The molecular formula is C25H26N2O3. The number of ether oxygens (including phenoxy) is 1. The number of piperidine rings is 1. The number of fused-ring (bicyclic) bond motifs is 1. The van der Waals surface area contributed by atoms with Gasteiger partial charge in [0.15, 0.2) is 6.10 Å². The topological polar surface area (TPSA) is 58.6 Å². The third kappa shape index (κ3) is 4.30. The second-order valence-electron chi connectivity index (χ2n) is 7.63. The maximum atomic E-state index is 13.0. The van der Waals surface area contributed by atoms with Crippen LogP contribution in [0.3, 0.4) is 0 Å². The van der Waals surface area contributed by atoms with E-state index in [1.54, 1.807) is 19.1 Å². The molecule has 30 heavy (non-hydrogen) atoms. The van der Waals surface area contributed by atoms with Crippen LogP contribution in [0.15, 0.2) is 66.7 Å². The van der Waals surface area contributed by atoms with Crippen molar-refractivity contribution in [2.45, 2.75) is 32.3 Å². The van der Waals surface area contributed by atoms with E-state index in [9.17, 15) is 9.59 Å². The number of amides is 2. The normalized spacial score (nSPS) is 14.9. The highest BCUT2D eigenvalue weighted by atomic mass is 16.5. The van der Waals surface area contributed by atoms with Crippen molar-refractivity contribution in [1.29, 1.82) is 0 Å². The summed E-state index contributed by atoms with van der Waals surface area (Å²) in [6, 6.07) is 20.9. The minimum Gasteiger partial charge on any atom is -0.480 e. The van der Waals surface area contributed by atoms with Crippen LogP contribution in [0.4, 0.5) is 5.69 Å². The second kappa shape index (κ2) is 8.99. The van der Waals surface area contributed by atoms with E-state index >= 15 is 0 Å². The molecule has 1 heterocycles. The van der Waals surface area contributed by atoms with E-state index in [0.29, 0.717) is 17.0 Å². The Kier molecular flexibility index (Phi) is 5.98. The van der Waals surface area contributed by atoms with E-state index in [4.69, 9.17) is 4.74 Å². The summed E-state index contributed by atoms with van der Waals surface area (Å²) in [6.45, 7) is 3.25. The van der Waals surface area contributed by atoms with Crippen LogP contribution in [0.1, 0.15) is 36.5 Å². The molecule has 3 aromatic rings. The molecule has 5 heteroatoms. The van der Waals surface area contributed by atoms with Crippen molar-refractivity contribution in [3.63, 3.8) is 0 Å². The van der Waals surface area contributed by atoms with Gasteiger partial charge < -0.3 is 15.0 Å². The molecular weight excluding hydrogens is 376 g/mol. The van der Waals surface area contributed by atoms with Crippen LogP contribution in [0, 0.1) is 0 Å². The number of anilines is 1. The van der Waals surface area contributed by atoms with Crippen LogP contribution in [-0.2, 0) is 4.79 Å². The van der Waals surface area contributed by atoms with E-state index in [0.717, 1.165) is 43.1 Å². The first kappa shape index (κ1) is 20.0. The molecule has 5 nitrogen and oxygen atoms in total. The van der Waals surface area contributed by atoms with Crippen LogP contribution in [0.2, 0.25) is 0 Å². The lowest BCUT2D eigenvalue weighted by molar-refractivity contribution is -0.122. The second-order valence-corrected chi connectivity index (χ2v) is 7.63. The minimum atomic E-state index is -0.714. The molecule has 0 aliphatic carbocycles. The van der Waals surface area contributed by atoms with Gasteiger partial charge in [-0.05, 0) is 49.8 Å². The van der Waals surface area contributed by atoms with Crippen LogP contribution in [0.25, 0.3) is 10.8 Å². The van der Waals surface area contributed by atoms with Crippen molar-refractivity contribution >= 4 is 28.3 Å². The standard InChI is InChI=1S/C25H26N2O3/c1-18(30-23-15-9-11-19-10-3-4-12-20(19)23)24(28)26-22-14-6-5-13-21(22)25(29)27-16-7-2-8-17-27/h3-6,9-15,18H,2,7-8,16-17H2,1H3,(H,26,28). The van der Waals surface area contributed by atoms with Crippen molar-refractivity contribution in [3.8, 4) is 5.75 Å². The van der Waals surface area contributed by atoms with Gasteiger partial charge in [-0.15, -0.1) is 0 Å². The summed E-state index contributed by atoms with van der Waals surface area (Å²) in [5, 5.41) is 4.90. The minimum absolute atomic E-state index is 0.0341. The molecule has 0 spiro atoms. The number of nitrogens with one attached hydrogen (secondary N) is 1. The van der Waals surface area contributed by atoms with Gasteiger partial charge in [0.1, 0.15) is 5.75 Å². The molecule has 2 amide bonds. The molecule has 1 saturated heterocycles. The maximum Gasteiger partial charge on any atom is 0.265 e. The molecule has 1 atom stereocenters.